The van der Waals surface area contributed by atoms with Gasteiger partial charge >= 0.3 is 0 Å². The lowest BCUT2D eigenvalue weighted by Crippen LogP contribution is -2.41. The van der Waals surface area contributed by atoms with Crippen LogP contribution in [0.1, 0.15) is 44.7 Å². The van der Waals surface area contributed by atoms with Crippen LogP contribution in [0.2, 0.25) is 0 Å². The maximum absolute atomic E-state index is 13.4. The molecule has 0 amide bonds. The van der Waals surface area contributed by atoms with Crippen molar-refractivity contribution in [1.82, 2.24) is 4.90 Å². The van der Waals surface area contributed by atoms with Crippen molar-refractivity contribution < 1.29 is 4.39 Å². The zero-order valence-corrected chi connectivity index (χ0v) is 11.3. The van der Waals surface area contributed by atoms with Gasteiger partial charge in [0.2, 0.25) is 0 Å². The highest BCUT2D eigenvalue weighted by molar-refractivity contribution is 5.21. The molecule has 2 nitrogen and oxygen atoms in total. The Morgan fingerprint density at radius 1 is 1.44 bits per heavy atom. The lowest BCUT2D eigenvalue weighted by molar-refractivity contribution is 0.136. The summed E-state index contributed by atoms with van der Waals surface area (Å²) in [6.07, 6.45) is 3.57. The molecule has 1 aliphatic rings. The van der Waals surface area contributed by atoms with Gasteiger partial charge in [-0.2, -0.15) is 0 Å². The van der Waals surface area contributed by atoms with Crippen molar-refractivity contribution >= 4 is 0 Å². The first-order valence-electron chi connectivity index (χ1n) is 6.90. The van der Waals surface area contributed by atoms with Gasteiger partial charge < -0.3 is 5.73 Å². The highest BCUT2D eigenvalue weighted by atomic mass is 19.1. The number of nitrogens with two attached hydrogens (primary N) is 1. The Morgan fingerprint density at radius 2 is 2.22 bits per heavy atom. The highest BCUT2D eigenvalue weighted by Crippen LogP contribution is 2.34. The van der Waals surface area contributed by atoms with Crippen LogP contribution in [0.25, 0.3) is 0 Å². The summed E-state index contributed by atoms with van der Waals surface area (Å²) in [5.41, 5.74) is 6.95. The van der Waals surface area contributed by atoms with Crippen molar-refractivity contribution in [1.29, 1.82) is 0 Å². The summed E-state index contributed by atoms with van der Waals surface area (Å²) >= 11 is 0. The summed E-state index contributed by atoms with van der Waals surface area (Å²) in [4.78, 5) is 2.48. The van der Waals surface area contributed by atoms with E-state index in [0.717, 1.165) is 12.0 Å². The average Bonchev–Trinajstić information content (AvgIpc) is 2.72. The number of likely N-dealkylation sites (tertiary alicyclic amines) is 1. The lowest BCUT2D eigenvalue weighted by atomic mass is 10.0. The average molecular weight is 250 g/mol. The standard InChI is InChI=1S/C15H23FN2/c1-3-14-8-7-11(2)18(14)15(10-17)12-5-4-6-13(16)9-12/h4-6,9,11,14-15H,3,7-8,10,17H2,1-2H3. The van der Waals surface area contributed by atoms with E-state index in [1.54, 1.807) is 12.1 Å². The van der Waals surface area contributed by atoms with E-state index in [0.29, 0.717) is 18.6 Å². The second-order valence-corrected chi connectivity index (χ2v) is 5.24. The SMILES string of the molecule is CCC1CCC(C)N1C(CN)c1cccc(F)c1. The van der Waals surface area contributed by atoms with Crippen LogP contribution in [0, 0.1) is 5.82 Å². The molecule has 1 aliphatic heterocycles. The minimum Gasteiger partial charge on any atom is -0.329 e. The Morgan fingerprint density at radius 3 is 2.83 bits per heavy atom. The molecule has 100 valence electrons. The normalized spacial score (nSPS) is 26.4. The molecule has 18 heavy (non-hydrogen) atoms. The number of hydrogen-bond donors (Lipinski definition) is 1. The molecule has 1 heterocycles. The molecule has 1 aromatic carbocycles. The molecule has 3 atom stereocenters. The fourth-order valence-electron chi connectivity index (χ4n) is 3.21. The van der Waals surface area contributed by atoms with E-state index in [-0.39, 0.29) is 11.9 Å². The minimum absolute atomic E-state index is 0.142. The maximum atomic E-state index is 13.4. The molecule has 2 N–H and O–H groups in total. The molecule has 2 rings (SSSR count). The van der Waals surface area contributed by atoms with Crippen molar-refractivity contribution in [2.24, 2.45) is 5.73 Å². The van der Waals surface area contributed by atoms with Crippen LogP contribution >= 0.6 is 0 Å². The van der Waals surface area contributed by atoms with E-state index in [2.05, 4.69) is 18.7 Å². The molecule has 1 saturated heterocycles. The molecule has 0 saturated carbocycles. The van der Waals surface area contributed by atoms with Crippen molar-refractivity contribution in [3.8, 4) is 0 Å². The van der Waals surface area contributed by atoms with Gasteiger partial charge in [-0.25, -0.2) is 4.39 Å². The van der Waals surface area contributed by atoms with Gasteiger partial charge in [0.1, 0.15) is 5.82 Å². The number of nitrogens with zero attached hydrogens (tertiary/aromatic N) is 1. The Kier molecular flexibility index (Phi) is 4.36. The van der Waals surface area contributed by atoms with Crippen LogP contribution in [-0.4, -0.2) is 23.5 Å². The summed E-state index contributed by atoms with van der Waals surface area (Å²) in [7, 11) is 0. The molecule has 0 radical (unpaired) electrons. The largest absolute Gasteiger partial charge is 0.329 e. The van der Waals surface area contributed by atoms with E-state index in [9.17, 15) is 4.39 Å². The van der Waals surface area contributed by atoms with Crippen molar-refractivity contribution in [3.63, 3.8) is 0 Å². The second-order valence-electron chi connectivity index (χ2n) is 5.24. The van der Waals surface area contributed by atoms with E-state index in [4.69, 9.17) is 5.73 Å². The summed E-state index contributed by atoms with van der Waals surface area (Å²) in [6, 6.07) is 8.12. The minimum atomic E-state index is -0.175. The van der Waals surface area contributed by atoms with Crippen LogP contribution in [0.3, 0.4) is 0 Å². The molecule has 1 aromatic rings. The van der Waals surface area contributed by atoms with Crippen molar-refractivity contribution in [2.75, 3.05) is 6.54 Å². The highest BCUT2D eigenvalue weighted by Gasteiger charge is 2.34. The smallest absolute Gasteiger partial charge is 0.123 e. The van der Waals surface area contributed by atoms with Gasteiger partial charge in [0.25, 0.3) is 0 Å². The lowest BCUT2D eigenvalue weighted by Gasteiger charge is -2.35. The molecular formula is C15H23FN2. The van der Waals surface area contributed by atoms with Crippen molar-refractivity contribution in [2.45, 2.75) is 51.2 Å². The Bertz CT molecular complexity index is 394. The molecule has 0 bridgehead atoms. The van der Waals surface area contributed by atoms with Crippen LogP contribution in [0.4, 0.5) is 4.39 Å². The fourth-order valence-corrected chi connectivity index (χ4v) is 3.21. The van der Waals surface area contributed by atoms with E-state index < -0.39 is 0 Å². The van der Waals surface area contributed by atoms with Crippen LogP contribution < -0.4 is 5.73 Å². The predicted molar refractivity (Wildman–Crippen MR) is 72.8 cm³/mol. The molecule has 3 heteroatoms. The third-order valence-electron chi connectivity index (χ3n) is 4.14. The molecular weight excluding hydrogens is 227 g/mol. The van der Waals surface area contributed by atoms with Gasteiger partial charge in [-0.3, -0.25) is 4.90 Å². The van der Waals surface area contributed by atoms with Gasteiger partial charge in [-0.1, -0.05) is 19.1 Å². The first kappa shape index (κ1) is 13.5. The fraction of sp³-hybridized carbons (Fsp3) is 0.600. The van der Waals surface area contributed by atoms with Gasteiger partial charge in [0.15, 0.2) is 0 Å². The molecule has 0 aromatic heterocycles. The quantitative estimate of drug-likeness (QED) is 0.889. The summed E-state index contributed by atoms with van der Waals surface area (Å²) in [6.45, 7) is 5.01. The Labute approximate surface area is 109 Å². The van der Waals surface area contributed by atoms with Crippen LogP contribution in [0.5, 0.6) is 0 Å². The van der Waals surface area contributed by atoms with E-state index in [1.807, 2.05) is 6.07 Å². The number of rotatable bonds is 4. The zero-order chi connectivity index (χ0) is 13.1. The zero-order valence-electron chi connectivity index (χ0n) is 11.3. The first-order valence-corrected chi connectivity index (χ1v) is 6.90. The topological polar surface area (TPSA) is 29.3 Å². The van der Waals surface area contributed by atoms with Gasteiger partial charge in [0.05, 0.1) is 0 Å². The van der Waals surface area contributed by atoms with Crippen molar-refractivity contribution in [3.05, 3.63) is 35.6 Å². The summed E-state index contributed by atoms with van der Waals surface area (Å²) in [5, 5.41) is 0. The number of benzene rings is 1. The first-order chi connectivity index (χ1) is 8.67. The summed E-state index contributed by atoms with van der Waals surface area (Å²) in [5.74, 6) is -0.175. The van der Waals surface area contributed by atoms with Crippen LogP contribution in [0.15, 0.2) is 24.3 Å². The number of halogens is 1. The molecule has 0 aliphatic carbocycles. The monoisotopic (exact) mass is 250 g/mol. The van der Waals surface area contributed by atoms with E-state index >= 15 is 0 Å². The third kappa shape index (κ3) is 2.57. The third-order valence-corrected chi connectivity index (χ3v) is 4.14. The van der Waals surface area contributed by atoms with E-state index in [1.165, 1.54) is 18.9 Å². The number of hydrogen-bond acceptors (Lipinski definition) is 2. The summed E-state index contributed by atoms with van der Waals surface area (Å²) < 4.78 is 13.4. The Balaban J connectivity index is 2.27. The second kappa shape index (κ2) is 5.81. The molecule has 3 unspecified atom stereocenters. The molecule has 1 fully saturated rings. The van der Waals surface area contributed by atoms with Crippen LogP contribution in [-0.2, 0) is 0 Å². The molecule has 0 spiro atoms. The van der Waals surface area contributed by atoms with Gasteiger partial charge in [-0.05, 0) is 43.9 Å². The Hall–Kier alpha value is -0.930. The van der Waals surface area contributed by atoms with Gasteiger partial charge in [0, 0.05) is 24.7 Å². The predicted octanol–water partition coefficient (Wildman–Crippen LogP) is 3.09. The van der Waals surface area contributed by atoms with Gasteiger partial charge in [-0.15, -0.1) is 0 Å². The maximum Gasteiger partial charge on any atom is 0.123 e.